The van der Waals surface area contributed by atoms with Crippen molar-refractivity contribution in [1.29, 1.82) is 0 Å². The molecule has 0 aliphatic carbocycles. The summed E-state index contributed by atoms with van der Waals surface area (Å²) in [5.41, 5.74) is 0.606. The number of nitrogens with zero attached hydrogens (tertiary/aromatic N) is 2. The van der Waals surface area contributed by atoms with Crippen LogP contribution in [0.4, 0.5) is 5.69 Å². The van der Waals surface area contributed by atoms with E-state index >= 15 is 0 Å². The minimum absolute atomic E-state index is 0.0816. The summed E-state index contributed by atoms with van der Waals surface area (Å²) >= 11 is 5.53. The number of carbonyl (C=O) groups is 3. The fourth-order valence-corrected chi connectivity index (χ4v) is 3.82. The largest absolute Gasteiger partial charge is 0.494 e. The molecule has 0 bridgehead atoms. The average Bonchev–Trinajstić information content (AvgIpc) is 3.37. The second kappa shape index (κ2) is 11.5. The van der Waals surface area contributed by atoms with Gasteiger partial charge in [-0.2, -0.15) is 0 Å². The first-order chi connectivity index (χ1) is 15.9. The van der Waals surface area contributed by atoms with E-state index in [9.17, 15) is 14.4 Å². The first kappa shape index (κ1) is 24.2. The second-order valence-corrected chi connectivity index (χ2v) is 7.97. The molecule has 0 radical (unpaired) electrons. The van der Waals surface area contributed by atoms with Crippen molar-refractivity contribution >= 4 is 40.7 Å². The molecule has 3 rings (SSSR count). The molecule has 33 heavy (non-hydrogen) atoms. The van der Waals surface area contributed by atoms with Gasteiger partial charge in [-0.15, -0.1) is 0 Å². The minimum Gasteiger partial charge on any atom is -0.494 e. The van der Waals surface area contributed by atoms with Crippen LogP contribution < -0.4 is 15.4 Å². The molecule has 0 unspecified atom stereocenters. The van der Waals surface area contributed by atoms with Crippen LogP contribution in [-0.2, 0) is 20.9 Å². The Bertz CT molecular complexity index is 977. The van der Waals surface area contributed by atoms with E-state index in [4.69, 9.17) is 21.4 Å². The third-order valence-electron chi connectivity index (χ3n) is 5.01. The lowest BCUT2D eigenvalue weighted by atomic mass is 10.1. The molecular weight excluding hydrogens is 444 g/mol. The van der Waals surface area contributed by atoms with Crippen LogP contribution in [0.3, 0.4) is 0 Å². The van der Waals surface area contributed by atoms with Crippen molar-refractivity contribution in [3.8, 4) is 5.75 Å². The van der Waals surface area contributed by atoms with Gasteiger partial charge < -0.3 is 24.7 Å². The number of hydrogen-bond donors (Lipinski definition) is 2. The minimum atomic E-state index is -0.770. The molecule has 1 saturated heterocycles. The van der Waals surface area contributed by atoms with Gasteiger partial charge in [0, 0.05) is 25.7 Å². The van der Waals surface area contributed by atoms with Crippen molar-refractivity contribution in [3.63, 3.8) is 0 Å². The van der Waals surface area contributed by atoms with Gasteiger partial charge in [0.05, 0.1) is 25.8 Å². The summed E-state index contributed by atoms with van der Waals surface area (Å²) in [5, 5.41) is 5.82. The third kappa shape index (κ3) is 6.55. The molecule has 1 aromatic carbocycles. The molecule has 176 valence electrons. The Morgan fingerprint density at radius 2 is 1.97 bits per heavy atom. The summed E-state index contributed by atoms with van der Waals surface area (Å²) in [6.45, 7) is 4.85. The van der Waals surface area contributed by atoms with Crippen LogP contribution >= 0.6 is 12.2 Å². The van der Waals surface area contributed by atoms with Crippen molar-refractivity contribution in [2.75, 3.05) is 25.0 Å². The van der Waals surface area contributed by atoms with Gasteiger partial charge in [-0.05, 0) is 55.0 Å². The molecule has 0 saturated carbocycles. The number of benzene rings is 1. The molecule has 1 atom stereocenters. The van der Waals surface area contributed by atoms with E-state index in [-0.39, 0.29) is 30.7 Å². The highest BCUT2D eigenvalue weighted by Gasteiger charge is 2.43. The molecule has 1 fully saturated rings. The molecule has 1 aliphatic rings. The van der Waals surface area contributed by atoms with E-state index in [1.54, 1.807) is 41.3 Å². The number of anilines is 1. The summed E-state index contributed by atoms with van der Waals surface area (Å²) in [5.74, 6) is 0.534. The zero-order valence-corrected chi connectivity index (χ0v) is 19.5. The quantitative estimate of drug-likeness (QED) is 0.484. The average molecular weight is 473 g/mol. The Kier molecular flexibility index (Phi) is 8.42. The van der Waals surface area contributed by atoms with Gasteiger partial charge in [0.2, 0.25) is 11.8 Å². The number of rotatable bonds is 11. The lowest BCUT2D eigenvalue weighted by Crippen LogP contribution is -2.42. The van der Waals surface area contributed by atoms with Gasteiger partial charge in [0.1, 0.15) is 17.6 Å². The summed E-state index contributed by atoms with van der Waals surface area (Å²) in [4.78, 5) is 40.3. The van der Waals surface area contributed by atoms with Crippen molar-refractivity contribution in [1.82, 2.24) is 15.1 Å². The predicted molar refractivity (Wildman–Crippen MR) is 127 cm³/mol. The number of nitrogens with one attached hydrogen (secondary N) is 2. The number of ether oxygens (including phenoxy) is 1. The van der Waals surface area contributed by atoms with E-state index < -0.39 is 6.04 Å². The lowest BCUT2D eigenvalue weighted by molar-refractivity contribution is -0.131. The summed E-state index contributed by atoms with van der Waals surface area (Å²) in [6, 6.07) is 9.79. The fourth-order valence-electron chi connectivity index (χ4n) is 3.44. The van der Waals surface area contributed by atoms with Gasteiger partial charge in [-0.3, -0.25) is 19.3 Å². The molecule has 1 aliphatic heterocycles. The first-order valence-electron chi connectivity index (χ1n) is 10.8. The summed E-state index contributed by atoms with van der Waals surface area (Å²) in [6.07, 6.45) is 2.35. The molecule has 2 aromatic rings. The molecular formula is C23H28N4O5S. The van der Waals surface area contributed by atoms with Gasteiger partial charge in [-0.25, -0.2) is 0 Å². The molecule has 9 nitrogen and oxygen atoms in total. The topological polar surface area (TPSA) is 104 Å². The van der Waals surface area contributed by atoms with Crippen LogP contribution in [0, 0.1) is 0 Å². The lowest BCUT2D eigenvalue weighted by Gasteiger charge is -2.23. The van der Waals surface area contributed by atoms with E-state index in [2.05, 4.69) is 10.6 Å². The second-order valence-electron chi connectivity index (χ2n) is 7.60. The Morgan fingerprint density at radius 3 is 2.61 bits per heavy atom. The smallest absolute Gasteiger partial charge is 0.252 e. The molecule has 2 N–H and O–H groups in total. The molecule has 1 aromatic heterocycles. The number of thiocarbonyl (C=S) groups is 1. The van der Waals surface area contributed by atoms with E-state index in [0.29, 0.717) is 36.3 Å². The van der Waals surface area contributed by atoms with Gasteiger partial charge in [-0.1, -0.05) is 6.92 Å². The maximum Gasteiger partial charge on any atom is 0.252 e. The fraction of sp³-hybridized carbons (Fsp3) is 0.391. The van der Waals surface area contributed by atoms with E-state index in [0.717, 1.165) is 12.2 Å². The Morgan fingerprint density at radius 1 is 1.21 bits per heavy atom. The van der Waals surface area contributed by atoms with Crippen LogP contribution in [0.15, 0.2) is 47.1 Å². The summed E-state index contributed by atoms with van der Waals surface area (Å²) < 4.78 is 10.9. The Labute approximate surface area is 198 Å². The van der Waals surface area contributed by atoms with Crippen molar-refractivity contribution < 1.29 is 23.5 Å². The van der Waals surface area contributed by atoms with Gasteiger partial charge in [0.15, 0.2) is 5.11 Å². The van der Waals surface area contributed by atoms with Crippen LogP contribution in [0.5, 0.6) is 5.75 Å². The first-order valence-corrected chi connectivity index (χ1v) is 11.2. The van der Waals surface area contributed by atoms with Crippen LogP contribution in [0.1, 0.15) is 32.4 Å². The monoisotopic (exact) mass is 472 g/mol. The normalized spacial score (nSPS) is 15.6. The van der Waals surface area contributed by atoms with Crippen molar-refractivity contribution in [2.45, 2.75) is 39.3 Å². The van der Waals surface area contributed by atoms with Crippen LogP contribution in [0.2, 0.25) is 0 Å². The molecule has 3 amide bonds. The van der Waals surface area contributed by atoms with Crippen molar-refractivity contribution in [2.24, 2.45) is 0 Å². The van der Waals surface area contributed by atoms with Crippen molar-refractivity contribution in [3.05, 3.63) is 48.4 Å². The van der Waals surface area contributed by atoms with E-state index in [1.165, 1.54) is 18.1 Å². The Hall–Kier alpha value is -3.40. The maximum absolute atomic E-state index is 13.2. The number of carbonyl (C=O) groups excluding carboxylic acids is 3. The van der Waals surface area contributed by atoms with Gasteiger partial charge >= 0.3 is 0 Å². The van der Waals surface area contributed by atoms with Gasteiger partial charge in [0.25, 0.3) is 5.91 Å². The molecule has 10 heteroatoms. The highest BCUT2D eigenvalue weighted by molar-refractivity contribution is 7.80. The zero-order valence-electron chi connectivity index (χ0n) is 18.7. The zero-order chi connectivity index (χ0) is 23.8. The predicted octanol–water partition coefficient (Wildman–Crippen LogP) is 2.53. The molecule has 2 heterocycles. The summed E-state index contributed by atoms with van der Waals surface area (Å²) in [7, 11) is 0. The number of furan rings is 1. The number of hydrogen-bond acceptors (Lipinski definition) is 6. The number of amides is 3. The van der Waals surface area contributed by atoms with Crippen LogP contribution in [0.25, 0.3) is 0 Å². The Balaban J connectivity index is 1.67. The SMILES string of the molecule is CCCOc1ccc(NC(=O)C[C@H]2C(=O)N(Cc3ccco3)C(=S)N2CCNC(C)=O)cc1. The highest BCUT2D eigenvalue weighted by Crippen LogP contribution is 2.24. The maximum atomic E-state index is 13.2. The standard InChI is InChI=1S/C23H28N4O5S/c1-3-12-31-18-8-6-17(7-9-18)25-21(29)14-20-22(30)27(15-19-5-4-13-32-19)23(33)26(20)11-10-24-16(2)28/h4-9,13,20H,3,10-12,14-15H2,1-2H3,(H,24,28)(H,25,29)/t20-/m0/s1. The highest BCUT2D eigenvalue weighted by atomic mass is 32.1. The van der Waals surface area contributed by atoms with E-state index in [1.807, 2.05) is 6.92 Å². The molecule has 0 spiro atoms. The third-order valence-corrected chi connectivity index (χ3v) is 5.47. The van der Waals surface area contributed by atoms with Crippen LogP contribution in [-0.4, -0.2) is 58.4 Å².